The summed E-state index contributed by atoms with van der Waals surface area (Å²) in [6.07, 6.45) is 3.71. The second kappa shape index (κ2) is 6.44. The number of rotatable bonds is 4. The summed E-state index contributed by atoms with van der Waals surface area (Å²) in [5.41, 5.74) is -0.175. The Bertz CT molecular complexity index is 1190. The Kier molecular flexibility index (Phi) is 3.97. The number of Topliss-reactive ketones (excluding diaryl/α,β-unsaturated/α-hetero) is 1. The van der Waals surface area contributed by atoms with Gasteiger partial charge in [-0.3, -0.25) is 4.79 Å². The van der Waals surface area contributed by atoms with Crippen LogP contribution < -0.4 is 14.9 Å². The number of hydrogen-bond acceptors (Lipinski definition) is 4. The van der Waals surface area contributed by atoms with E-state index >= 15 is 0 Å². The molecule has 0 fully saturated rings. The molecule has 2 aromatic carbocycles. The average Bonchev–Trinajstić information content (AvgIpc) is 2.67. The molecule has 0 aliphatic carbocycles. The van der Waals surface area contributed by atoms with E-state index in [9.17, 15) is 9.59 Å². The summed E-state index contributed by atoms with van der Waals surface area (Å²) < 4.78 is 12.2. The summed E-state index contributed by atoms with van der Waals surface area (Å²) in [5.74, 6) is 0.331. The van der Waals surface area contributed by atoms with Crippen LogP contribution >= 0.6 is 0 Å². The van der Waals surface area contributed by atoms with Gasteiger partial charge in [-0.25, -0.2) is 4.79 Å². The lowest BCUT2D eigenvalue weighted by atomic mass is 10.1. The smallest absolute Gasteiger partial charge is 0.347 e. The van der Waals surface area contributed by atoms with E-state index in [1.165, 1.54) is 0 Å². The molecule has 26 heavy (non-hydrogen) atoms. The van der Waals surface area contributed by atoms with Crippen molar-refractivity contribution in [2.75, 3.05) is 7.11 Å². The molecule has 0 unspecified atom stereocenters. The van der Waals surface area contributed by atoms with E-state index < -0.39 is 5.63 Å². The number of carbonyl (C=O) groups is 1. The number of pyridine rings is 1. The number of nitrogens with zero attached hydrogens (tertiary/aromatic N) is 1. The van der Waals surface area contributed by atoms with Gasteiger partial charge in [-0.1, -0.05) is 18.2 Å². The van der Waals surface area contributed by atoms with Crippen LogP contribution in [-0.4, -0.2) is 12.9 Å². The van der Waals surface area contributed by atoms with Crippen molar-refractivity contribution in [2.24, 2.45) is 0 Å². The van der Waals surface area contributed by atoms with Gasteiger partial charge in [0.25, 0.3) is 0 Å². The minimum Gasteiger partial charge on any atom is -0.497 e. The summed E-state index contributed by atoms with van der Waals surface area (Å²) in [5, 5.41) is 2.77. The molecule has 2 heterocycles. The Hall–Kier alpha value is -3.47. The maximum absolute atomic E-state index is 12.7. The van der Waals surface area contributed by atoms with Crippen LogP contribution in [0.5, 0.6) is 5.75 Å². The highest BCUT2D eigenvalue weighted by atomic mass is 16.5. The molecule has 0 radical (unpaired) electrons. The third kappa shape index (κ3) is 2.95. The predicted octanol–water partition coefficient (Wildman–Crippen LogP) is 3.13. The van der Waals surface area contributed by atoms with Gasteiger partial charge in [0.15, 0.2) is 12.4 Å². The maximum atomic E-state index is 12.7. The Morgan fingerprint density at radius 2 is 1.85 bits per heavy atom. The van der Waals surface area contributed by atoms with Crippen molar-refractivity contribution < 1.29 is 18.5 Å². The van der Waals surface area contributed by atoms with Crippen molar-refractivity contribution >= 4 is 27.5 Å². The highest BCUT2D eigenvalue weighted by Crippen LogP contribution is 2.20. The molecule has 4 rings (SSSR count). The van der Waals surface area contributed by atoms with Gasteiger partial charge in [-0.2, -0.15) is 4.57 Å². The van der Waals surface area contributed by atoms with Crippen LogP contribution in [0.3, 0.4) is 0 Å². The van der Waals surface area contributed by atoms with Gasteiger partial charge in [-0.05, 0) is 35.7 Å². The highest BCUT2D eigenvalue weighted by molar-refractivity contribution is 5.97. The van der Waals surface area contributed by atoms with Gasteiger partial charge in [0, 0.05) is 16.8 Å². The Balaban J connectivity index is 1.70. The molecule has 0 saturated heterocycles. The fraction of sp³-hybridized carbons (Fsp3) is 0.0952. The molecular formula is C21H16NO4+. The van der Waals surface area contributed by atoms with Crippen molar-refractivity contribution in [2.45, 2.75) is 6.54 Å². The lowest BCUT2D eigenvalue weighted by Gasteiger charge is -2.03. The molecule has 2 aromatic heterocycles. The van der Waals surface area contributed by atoms with Crippen LogP contribution in [0.25, 0.3) is 21.7 Å². The number of benzene rings is 2. The van der Waals surface area contributed by atoms with Crippen LogP contribution in [0.1, 0.15) is 10.4 Å². The maximum Gasteiger partial charge on any atom is 0.347 e. The average molecular weight is 346 g/mol. The van der Waals surface area contributed by atoms with E-state index in [1.807, 2.05) is 42.7 Å². The lowest BCUT2D eigenvalue weighted by molar-refractivity contribution is -0.681. The minimum atomic E-state index is -0.631. The SMILES string of the molecule is COc1ccc2oc(=O)c(C(=O)C[n+]3ccc4ccccc4c3)cc2c1. The molecule has 0 saturated carbocycles. The zero-order chi connectivity index (χ0) is 18.1. The molecule has 0 atom stereocenters. The lowest BCUT2D eigenvalue weighted by Crippen LogP contribution is -2.38. The first-order chi connectivity index (χ1) is 12.6. The Morgan fingerprint density at radius 1 is 1.04 bits per heavy atom. The third-order valence-corrected chi connectivity index (χ3v) is 4.31. The van der Waals surface area contributed by atoms with Crippen molar-refractivity contribution in [3.8, 4) is 5.75 Å². The van der Waals surface area contributed by atoms with Crippen molar-refractivity contribution in [1.29, 1.82) is 0 Å². The number of hydrogen-bond donors (Lipinski definition) is 0. The van der Waals surface area contributed by atoms with Gasteiger partial charge in [0.05, 0.1) is 7.11 Å². The fourth-order valence-electron chi connectivity index (χ4n) is 2.95. The van der Waals surface area contributed by atoms with E-state index in [2.05, 4.69) is 0 Å². The number of methoxy groups -OCH3 is 1. The molecule has 0 bridgehead atoms. The van der Waals surface area contributed by atoms with Crippen molar-refractivity contribution in [1.82, 2.24) is 0 Å². The Morgan fingerprint density at radius 3 is 2.65 bits per heavy atom. The molecule has 0 aliphatic heterocycles. The van der Waals surface area contributed by atoms with E-state index in [1.54, 1.807) is 35.9 Å². The van der Waals surface area contributed by atoms with Gasteiger partial charge in [0.2, 0.25) is 12.3 Å². The first kappa shape index (κ1) is 16.0. The van der Waals surface area contributed by atoms with E-state index in [0.29, 0.717) is 16.7 Å². The topological polar surface area (TPSA) is 60.4 Å². The summed E-state index contributed by atoms with van der Waals surface area (Å²) in [7, 11) is 1.56. The summed E-state index contributed by atoms with van der Waals surface area (Å²) >= 11 is 0. The van der Waals surface area contributed by atoms with Gasteiger partial charge < -0.3 is 9.15 Å². The van der Waals surface area contributed by atoms with E-state index in [0.717, 1.165) is 10.8 Å². The van der Waals surface area contributed by atoms with Crippen LogP contribution in [0.4, 0.5) is 0 Å². The Labute approximate surface area is 149 Å². The number of ether oxygens (including phenoxy) is 1. The monoisotopic (exact) mass is 346 g/mol. The first-order valence-electron chi connectivity index (χ1n) is 8.17. The molecule has 4 aromatic rings. The highest BCUT2D eigenvalue weighted by Gasteiger charge is 2.18. The summed E-state index contributed by atoms with van der Waals surface area (Å²) in [4.78, 5) is 24.9. The molecule has 0 amide bonds. The number of ketones is 1. The minimum absolute atomic E-state index is 0.0337. The quantitative estimate of drug-likeness (QED) is 0.324. The van der Waals surface area contributed by atoms with Gasteiger partial charge in [0.1, 0.15) is 16.9 Å². The summed E-state index contributed by atoms with van der Waals surface area (Å²) in [6.45, 7) is 0.0606. The normalized spacial score (nSPS) is 11.0. The number of aromatic nitrogens is 1. The van der Waals surface area contributed by atoms with E-state index in [-0.39, 0.29) is 17.9 Å². The largest absolute Gasteiger partial charge is 0.497 e. The van der Waals surface area contributed by atoms with Crippen LogP contribution in [0.2, 0.25) is 0 Å². The fourth-order valence-corrected chi connectivity index (χ4v) is 2.95. The van der Waals surface area contributed by atoms with Crippen LogP contribution in [-0.2, 0) is 6.54 Å². The standard InChI is InChI=1S/C21H16NO4/c1-25-17-6-7-20-16(10-17)11-18(21(24)26-20)19(23)13-22-9-8-14-4-2-3-5-15(14)12-22/h2-12H,13H2,1H3/q+1. The van der Waals surface area contributed by atoms with Gasteiger partial charge in [-0.15, -0.1) is 0 Å². The number of fused-ring (bicyclic) bond motifs is 2. The molecular weight excluding hydrogens is 330 g/mol. The third-order valence-electron chi connectivity index (χ3n) is 4.31. The zero-order valence-electron chi connectivity index (χ0n) is 14.1. The van der Waals surface area contributed by atoms with Crippen molar-refractivity contribution in [3.05, 3.63) is 83.0 Å². The van der Waals surface area contributed by atoms with E-state index in [4.69, 9.17) is 9.15 Å². The zero-order valence-corrected chi connectivity index (χ0v) is 14.1. The molecule has 128 valence electrons. The second-order valence-electron chi connectivity index (χ2n) is 6.02. The van der Waals surface area contributed by atoms with Crippen LogP contribution in [0.15, 0.2) is 76.2 Å². The van der Waals surface area contributed by atoms with Crippen molar-refractivity contribution in [3.63, 3.8) is 0 Å². The molecule has 0 N–H and O–H groups in total. The summed E-state index contributed by atoms with van der Waals surface area (Å²) in [6, 6.07) is 16.5. The number of carbonyl (C=O) groups excluding carboxylic acids is 1. The molecule has 5 heteroatoms. The molecule has 0 spiro atoms. The molecule has 5 nitrogen and oxygen atoms in total. The van der Waals surface area contributed by atoms with Gasteiger partial charge >= 0.3 is 5.63 Å². The second-order valence-corrected chi connectivity index (χ2v) is 6.02. The van der Waals surface area contributed by atoms with Crippen LogP contribution in [0, 0.1) is 0 Å². The first-order valence-corrected chi connectivity index (χ1v) is 8.17. The molecule has 0 aliphatic rings. The predicted molar refractivity (Wildman–Crippen MR) is 97.5 cm³/mol.